The van der Waals surface area contributed by atoms with Crippen LogP contribution in [0.15, 0.2) is 36.7 Å². The second-order valence-electron chi connectivity index (χ2n) is 9.85. The largest absolute Gasteiger partial charge is 0.379 e. The highest BCUT2D eigenvalue weighted by molar-refractivity contribution is 6.03. The molecule has 0 unspecified atom stereocenters. The van der Waals surface area contributed by atoms with Gasteiger partial charge in [0.15, 0.2) is 0 Å². The Balaban J connectivity index is 1.22. The van der Waals surface area contributed by atoms with E-state index in [1.165, 1.54) is 6.42 Å². The molecule has 2 aliphatic heterocycles. The first-order valence-corrected chi connectivity index (χ1v) is 12.0. The predicted molar refractivity (Wildman–Crippen MR) is 126 cm³/mol. The minimum atomic E-state index is -0.196. The first-order chi connectivity index (χ1) is 16.6. The van der Waals surface area contributed by atoms with Crippen LogP contribution >= 0.6 is 0 Å². The molecule has 176 valence electrons. The van der Waals surface area contributed by atoms with Crippen LogP contribution in [0.3, 0.4) is 0 Å². The summed E-state index contributed by atoms with van der Waals surface area (Å²) in [6, 6.07) is 9.88. The lowest BCUT2D eigenvalue weighted by atomic mass is 9.75. The zero-order chi connectivity index (χ0) is 23.1. The molecule has 1 aromatic carbocycles. The number of aryl methyl sites for hydroxylation is 1. The minimum Gasteiger partial charge on any atom is -0.379 e. The molecule has 2 saturated heterocycles. The first kappa shape index (κ1) is 21.4. The number of likely N-dealkylation sites (tertiary alicyclic amines) is 1. The highest BCUT2D eigenvalue weighted by atomic mass is 16.5. The summed E-state index contributed by atoms with van der Waals surface area (Å²) in [5.74, 6) is 1.93. The van der Waals surface area contributed by atoms with Gasteiger partial charge < -0.3 is 14.6 Å². The molecule has 9 nitrogen and oxygen atoms in total. The summed E-state index contributed by atoms with van der Waals surface area (Å²) >= 11 is 0. The van der Waals surface area contributed by atoms with E-state index in [9.17, 15) is 4.79 Å². The highest BCUT2D eigenvalue weighted by Crippen LogP contribution is 2.38. The zero-order valence-corrected chi connectivity index (χ0v) is 19.4. The van der Waals surface area contributed by atoms with E-state index in [0.29, 0.717) is 24.8 Å². The van der Waals surface area contributed by atoms with Crippen LogP contribution in [-0.4, -0.2) is 61.8 Å². The number of benzene rings is 1. The van der Waals surface area contributed by atoms with Gasteiger partial charge in [0.05, 0.1) is 18.9 Å². The molecule has 1 aliphatic carbocycles. The summed E-state index contributed by atoms with van der Waals surface area (Å²) in [6.45, 7) is 4.21. The van der Waals surface area contributed by atoms with Crippen LogP contribution in [-0.2, 0) is 30.2 Å². The van der Waals surface area contributed by atoms with Gasteiger partial charge in [-0.1, -0.05) is 12.1 Å². The van der Waals surface area contributed by atoms with E-state index < -0.39 is 0 Å². The average molecular weight is 460 g/mol. The van der Waals surface area contributed by atoms with Gasteiger partial charge >= 0.3 is 0 Å². The maximum absolute atomic E-state index is 13.2. The molecule has 1 amide bonds. The molecular formula is C25H29N7O2. The van der Waals surface area contributed by atoms with Crippen molar-refractivity contribution in [2.75, 3.05) is 31.6 Å². The maximum atomic E-state index is 13.2. The van der Waals surface area contributed by atoms with E-state index in [4.69, 9.17) is 9.72 Å². The smallest absolute Gasteiger partial charge is 0.274 e. The standard InChI is InChI=1S/C25H29N7O2/c1-31-16-26-30-22(31)12-25(14-34-15-25)18-4-2-5-19(10-18)28-24(33)21-11-20(13-32-8-3-9-32)27-23(29-21)17-6-7-17/h2,4-5,10-11,16-17H,3,6-9,12-15H2,1H3,(H,28,33). The van der Waals surface area contributed by atoms with Crippen molar-refractivity contribution in [2.45, 2.75) is 43.6 Å². The number of carbonyl (C=O) groups excluding carboxylic acids is 1. The molecule has 1 saturated carbocycles. The normalized spacial score (nSPS) is 19.3. The SMILES string of the molecule is Cn1cnnc1CC1(c2cccc(NC(=O)c3cc(CN4CCC4)nc(C4CC4)n3)c2)COC1. The maximum Gasteiger partial charge on any atom is 0.274 e. The number of aromatic nitrogens is 5. The van der Waals surface area contributed by atoms with Gasteiger partial charge in [0.2, 0.25) is 0 Å². The molecule has 4 heterocycles. The van der Waals surface area contributed by atoms with Gasteiger partial charge in [-0.15, -0.1) is 10.2 Å². The van der Waals surface area contributed by atoms with Crippen molar-refractivity contribution in [3.05, 3.63) is 65.3 Å². The topological polar surface area (TPSA) is 98.1 Å². The number of anilines is 1. The van der Waals surface area contributed by atoms with E-state index in [2.05, 4.69) is 31.5 Å². The van der Waals surface area contributed by atoms with Gasteiger partial charge in [-0.3, -0.25) is 9.69 Å². The molecule has 0 spiro atoms. The van der Waals surface area contributed by atoms with Crippen LogP contribution < -0.4 is 5.32 Å². The Labute approximate surface area is 198 Å². The van der Waals surface area contributed by atoms with E-state index >= 15 is 0 Å². The molecule has 0 bridgehead atoms. The van der Waals surface area contributed by atoms with Crippen molar-refractivity contribution < 1.29 is 9.53 Å². The Morgan fingerprint density at radius 3 is 2.71 bits per heavy atom. The fourth-order valence-corrected chi connectivity index (χ4v) is 4.62. The number of hydrogen-bond acceptors (Lipinski definition) is 7. The minimum absolute atomic E-state index is 0.167. The summed E-state index contributed by atoms with van der Waals surface area (Å²) in [6.07, 6.45) is 5.88. The Morgan fingerprint density at radius 1 is 1.21 bits per heavy atom. The number of rotatable bonds is 8. The number of nitrogens with one attached hydrogen (secondary N) is 1. The van der Waals surface area contributed by atoms with Crippen molar-refractivity contribution >= 4 is 11.6 Å². The van der Waals surface area contributed by atoms with Gasteiger partial charge in [0.25, 0.3) is 5.91 Å². The summed E-state index contributed by atoms with van der Waals surface area (Å²) in [7, 11) is 1.95. The molecule has 6 rings (SSSR count). The summed E-state index contributed by atoms with van der Waals surface area (Å²) in [5, 5.41) is 11.3. The second kappa shape index (κ2) is 8.56. The summed E-state index contributed by atoms with van der Waals surface area (Å²) < 4.78 is 7.55. The van der Waals surface area contributed by atoms with Crippen LogP contribution in [0.5, 0.6) is 0 Å². The van der Waals surface area contributed by atoms with Crippen molar-refractivity contribution in [2.24, 2.45) is 7.05 Å². The van der Waals surface area contributed by atoms with Crippen LogP contribution in [0.25, 0.3) is 0 Å². The van der Waals surface area contributed by atoms with E-state index in [1.807, 2.05) is 35.9 Å². The number of amides is 1. The molecular weight excluding hydrogens is 430 g/mol. The Hall–Kier alpha value is -3.17. The molecule has 2 aromatic heterocycles. The Morgan fingerprint density at radius 2 is 2.06 bits per heavy atom. The van der Waals surface area contributed by atoms with Gasteiger partial charge in [-0.25, -0.2) is 9.97 Å². The molecule has 3 aliphatic rings. The average Bonchev–Trinajstić information content (AvgIpc) is 3.56. The van der Waals surface area contributed by atoms with E-state index in [0.717, 1.165) is 67.5 Å². The van der Waals surface area contributed by atoms with Crippen molar-refractivity contribution in [1.82, 2.24) is 29.6 Å². The van der Waals surface area contributed by atoms with Gasteiger partial charge in [0.1, 0.15) is 23.7 Å². The number of hydrogen-bond donors (Lipinski definition) is 1. The van der Waals surface area contributed by atoms with E-state index in [1.54, 1.807) is 6.33 Å². The molecule has 0 atom stereocenters. The third kappa shape index (κ3) is 4.21. The Kier molecular flexibility index (Phi) is 5.38. The van der Waals surface area contributed by atoms with Gasteiger partial charge in [-0.05, 0) is 56.1 Å². The molecule has 34 heavy (non-hydrogen) atoms. The van der Waals surface area contributed by atoms with Gasteiger partial charge in [0, 0.05) is 37.0 Å². The van der Waals surface area contributed by atoms with Crippen LogP contribution in [0.4, 0.5) is 5.69 Å². The Bertz CT molecular complexity index is 1210. The van der Waals surface area contributed by atoms with Crippen molar-refractivity contribution in [3.8, 4) is 0 Å². The lowest BCUT2D eigenvalue weighted by Gasteiger charge is -2.41. The second-order valence-corrected chi connectivity index (χ2v) is 9.85. The lowest BCUT2D eigenvalue weighted by molar-refractivity contribution is -0.0610. The monoisotopic (exact) mass is 459 g/mol. The highest BCUT2D eigenvalue weighted by Gasteiger charge is 2.41. The molecule has 1 N–H and O–H groups in total. The first-order valence-electron chi connectivity index (χ1n) is 12.0. The molecule has 3 fully saturated rings. The number of ether oxygens (including phenoxy) is 1. The van der Waals surface area contributed by atoms with E-state index in [-0.39, 0.29) is 11.3 Å². The van der Waals surface area contributed by atoms with Crippen molar-refractivity contribution in [3.63, 3.8) is 0 Å². The van der Waals surface area contributed by atoms with Crippen LogP contribution in [0, 0.1) is 0 Å². The fourth-order valence-electron chi connectivity index (χ4n) is 4.62. The zero-order valence-electron chi connectivity index (χ0n) is 19.4. The molecule has 3 aromatic rings. The summed E-state index contributed by atoms with van der Waals surface area (Å²) in [4.78, 5) is 24.9. The number of nitrogens with zero attached hydrogens (tertiary/aromatic N) is 6. The molecule has 0 radical (unpaired) electrons. The molecule has 9 heteroatoms. The predicted octanol–water partition coefficient (Wildman–Crippen LogP) is 2.45. The number of carbonyl (C=O) groups is 1. The van der Waals surface area contributed by atoms with Crippen LogP contribution in [0.2, 0.25) is 0 Å². The van der Waals surface area contributed by atoms with Gasteiger partial charge in [-0.2, -0.15) is 0 Å². The fraction of sp³-hybridized carbons (Fsp3) is 0.480. The quantitative estimate of drug-likeness (QED) is 0.553. The lowest BCUT2D eigenvalue weighted by Crippen LogP contribution is -2.49. The third-order valence-electron chi connectivity index (χ3n) is 7.10. The van der Waals surface area contributed by atoms with Crippen LogP contribution in [0.1, 0.15) is 58.6 Å². The summed E-state index contributed by atoms with van der Waals surface area (Å²) in [5.41, 5.74) is 3.09. The van der Waals surface area contributed by atoms with Crippen molar-refractivity contribution in [1.29, 1.82) is 0 Å². The third-order valence-corrected chi connectivity index (χ3v) is 7.10.